The molecule has 3 heterocycles. The first kappa shape index (κ1) is 22.6. The third-order valence-corrected chi connectivity index (χ3v) is 6.21. The Hall–Kier alpha value is -4.17. The minimum Gasteiger partial charge on any atom is -0.457 e. The number of ether oxygens (including phenoxy) is 1. The number of piperidine rings is 1. The van der Waals surface area contributed by atoms with E-state index in [4.69, 9.17) is 4.74 Å². The number of nitrogens with zero attached hydrogens (tertiary/aromatic N) is 3. The summed E-state index contributed by atoms with van der Waals surface area (Å²) in [6, 6.07) is 20.0. The number of pyridine rings is 1. The zero-order valence-electron chi connectivity index (χ0n) is 19.5. The molecule has 2 N–H and O–H groups in total. The van der Waals surface area contributed by atoms with Gasteiger partial charge in [0.25, 0.3) is 0 Å². The van der Waals surface area contributed by atoms with Gasteiger partial charge in [0.2, 0.25) is 5.91 Å². The van der Waals surface area contributed by atoms with Crippen LogP contribution in [0.4, 0.5) is 16.3 Å². The topological polar surface area (TPSA) is 88.5 Å². The predicted octanol–water partition coefficient (Wildman–Crippen LogP) is 5.19. The summed E-state index contributed by atoms with van der Waals surface area (Å²) < 4.78 is 7.59. The van der Waals surface area contributed by atoms with E-state index in [9.17, 15) is 9.59 Å². The molecule has 1 fully saturated rings. The van der Waals surface area contributed by atoms with Crippen LogP contribution in [0.5, 0.6) is 11.5 Å². The molecule has 0 aliphatic carbocycles. The fraction of sp³-hybridized carbons (Fsp3) is 0.222. The maximum Gasteiger partial charge on any atom is 0.330 e. The summed E-state index contributed by atoms with van der Waals surface area (Å²) in [6.07, 6.45) is 5.04. The van der Waals surface area contributed by atoms with Crippen molar-refractivity contribution < 1.29 is 14.3 Å². The van der Waals surface area contributed by atoms with Gasteiger partial charge >= 0.3 is 6.03 Å². The fourth-order valence-corrected chi connectivity index (χ4v) is 4.24. The molecule has 35 heavy (non-hydrogen) atoms. The van der Waals surface area contributed by atoms with E-state index in [1.807, 2.05) is 54.6 Å². The number of amides is 2. The Kier molecular flexibility index (Phi) is 6.45. The van der Waals surface area contributed by atoms with Crippen LogP contribution in [0.25, 0.3) is 10.9 Å². The Morgan fingerprint density at radius 2 is 1.71 bits per heavy atom. The maximum absolute atomic E-state index is 12.7. The van der Waals surface area contributed by atoms with Gasteiger partial charge in [0, 0.05) is 35.5 Å². The van der Waals surface area contributed by atoms with Crippen LogP contribution in [0.15, 0.2) is 79.1 Å². The average molecular weight is 470 g/mol. The standard InChI is InChI=1S/C27H27N5O3/c1-31-14-10-19(11-15-31)26(33)30-25-18-23(9-13-28-25)35-22-7-8-24-20(17-22)12-16-32(24)27(34)29-21-5-3-2-4-6-21/h2-9,12-13,16-19H,10-11,14-15H2,1H3,(H,29,34)(H,28,30,33). The molecule has 4 aromatic rings. The molecule has 1 saturated heterocycles. The quantitative estimate of drug-likeness (QED) is 0.420. The van der Waals surface area contributed by atoms with E-state index >= 15 is 0 Å². The van der Waals surface area contributed by atoms with Crippen molar-refractivity contribution in [3.8, 4) is 11.5 Å². The number of hydrogen-bond donors (Lipinski definition) is 2. The van der Waals surface area contributed by atoms with Crippen molar-refractivity contribution in [2.75, 3.05) is 30.8 Å². The van der Waals surface area contributed by atoms with Crippen molar-refractivity contribution in [2.45, 2.75) is 12.8 Å². The Morgan fingerprint density at radius 3 is 2.51 bits per heavy atom. The maximum atomic E-state index is 12.7. The zero-order valence-corrected chi connectivity index (χ0v) is 19.5. The lowest BCUT2D eigenvalue weighted by molar-refractivity contribution is -0.121. The number of anilines is 2. The highest BCUT2D eigenvalue weighted by Crippen LogP contribution is 2.28. The molecular formula is C27H27N5O3. The number of fused-ring (bicyclic) bond motifs is 1. The van der Waals surface area contributed by atoms with Crippen molar-refractivity contribution in [1.29, 1.82) is 0 Å². The second-order valence-electron chi connectivity index (χ2n) is 8.75. The summed E-state index contributed by atoms with van der Waals surface area (Å²) in [5.41, 5.74) is 1.50. The summed E-state index contributed by atoms with van der Waals surface area (Å²) in [7, 11) is 2.07. The smallest absolute Gasteiger partial charge is 0.330 e. The normalized spacial score (nSPS) is 14.5. The van der Waals surface area contributed by atoms with Gasteiger partial charge in [0.05, 0.1) is 5.52 Å². The first-order valence-corrected chi connectivity index (χ1v) is 11.7. The number of hydrogen-bond acceptors (Lipinski definition) is 5. The SMILES string of the molecule is CN1CCC(C(=O)Nc2cc(Oc3ccc4c(ccn4C(=O)Nc4ccccc4)c3)ccn2)CC1. The van der Waals surface area contributed by atoms with Crippen molar-refractivity contribution in [1.82, 2.24) is 14.5 Å². The second kappa shape index (κ2) is 9.99. The number of para-hydroxylation sites is 1. The van der Waals surface area contributed by atoms with Crippen LogP contribution in [0.3, 0.4) is 0 Å². The minimum atomic E-state index is -0.237. The lowest BCUT2D eigenvalue weighted by atomic mass is 9.96. The van der Waals surface area contributed by atoms with Gasteiger partial charge in [-0.25, -0.2) is 9.78 Å². The van der Waals surface area contributed by atoms with Gasteiger partial charge in [-0.1, -0.05) is 18.2 Å². The van der Waals surface area contributed by atoms with Crippen LogP contribution >= 0.6 is 0 Å². The van der Waals surface area contributed by atoms with E-state index in [-0.39, 0.29) is 17.9 Å². The molecule has 0 bridgehead atoms. The highest BCUT2D eigenvalue weighted by atomic mass is 16.5. The molecule has 0 atom stereocenters. The fourth-order valence-electron chi connectivity index (χ4n) is 4.24. The molecule has 2 aromatic carbocycles. The van der Waals surface area contributed by atoms with Gasteiger partial charge in [0.1, 0.15) is 17.3 Å². The first-order chi connectivity index (χ1) is 17.0. The number of rotatable bonds is 5. The highest BCUT2D eigenvalue weighted by Gasteiger charge is 2.23. The van der Waals surface area contributed by atoms with E-state index in [2.05, 4.69) is 27.6 Å². The molecule has 5 rings (SSSR count). The number of benzene rings is 2. The van der Waals surface area contributed by atoms with E-state index in [1.165, 1.54) is 0 Å². The molecule has 178 valence electrons. The van der Waals surface area contributed by atoms with Crippen molar-refractivity contribution in [3.05, 3.63) is 79.1 Å². The summed E-state index contributed by atoms with van der Waals surface area (Å²) in [6.45, 7) is 1.85. The van der Waals surface area contributed by atoms with Crippen LogP contribution < -0.4 is 15.4 Å². The second-order valence-corrected chi connectivity index (χ2v) is 8.75. The largest absolute Gasteiger partial charge is 0.457 e. The number of aromatic nitrogens is 2. The Balaban J connectivity index is 1.26. The number of nitrogens with one attached hydrogen (secondary N) is 2. The van der Waals surface area contributed by atoms with Crippen molar-refractivity contribution >= 4 is 34.3 Å². The predicted molar refractivity (Wildman–Crippen MR) is 136 cm³/mol. The molecule has 0 unspecified atom stereocenters. The zero-order chi connectivity index (χ0) is 24.2. The monoisotopic (exact) mass is 469 g/mol. The molecule has 0 saturated carbocycles. The van der Waals surface area contributed by atoms with Gasteiger partial charge in [-0.05, 0) is 75.4 Å². The van der Waals surface area contributed by atoms with Gasteiger partial charge < -0.3 is 20.3 Å². The van der Waals surface area contributed by atoms with Crippen LogP contribution in [-0.2, 0) is 4.79 Å². The van der Waals surface area contributed by atoms with Gasteiger partial charge in [-0.3, -0.25) is 9.36 Å². The average Bonchev–Trinajstić information content (AvgIpc) is 3.29. The molecule has 2 amide bonds. The minimum absolute atomic E-state index is 0.000659. The Bertz CT molecular complexity index is 1340. The Labute approximate surface area is 203 Å². The van der Waals surface area contributed by atoms with E-state index < -0.39 is 0 Å². The Morgan fingerprint density at radius 1 is 0.943 bits per heavy atom. The van der Waals surface area contributed by atoms with Crippen LogP contribution in [0.2, 0.25) is 0 Å². The molecule has 0 radical (unpaired) electrons. The van der Waals surface area contributed by atoms with Crippen LogP contribution in [0.1, 0.15) is 12.8 Å². The summed E-state index contributed by atoms with van der Waals surface area (Å²) in [5, 5.41) is 6.68. The summed E-state index contributed by atoms with van der Waals surface area (Å²) >= 11 is 0. The van der Waals surface area contributed by atoms with Crippen LogP contribution in [0, 0.1) is 5.92 Å². The van der Waals surface area contributed by atoms with Crippen LogP contribution in [-0.4, -0.2) is 46.5 Å². The molecule has 0 spiro atoms. The van der Waals surface area contributed by atoms with Gasteiger partial charge in [-0.2, -0.15) is 0 Å². The first-order valence-electron chi connectivity index (χ1n) is 11.7. The third-order valence-electron chi connectivity index (χ3n) is 6.21. The van der Waals surface area contributed by atoms with Gasteiger partial charge in [0.15, 0.2) is 0 Å². The molecule has 1 aliphatic rings. The molecule has 1 aliphatic heterocycles. The lowest BCUT2D eigenvalue weighted by Gasteiger charge is -2.27. The number of carbonyl (C=O) groups excluding carboxylic acids is 2. The van der Waals surface area contributed by atoms with Crippen molar-refractivity contribution in [2.24, 2.45) is 5.92 Å². The van der Waals surface area contributed by atoms with E-state index in [0.717, 1.165) is 42.5 Å². The van der Waals surface area contributed by atoms with Gasteiger partial charge in [-0.15, -0.1) is 0 Å². The van der Waals surface area contributed by atoms with E-state index in [1.54, 1.807) is 29.1 Å². The molecular weight excluding hydrogens is 442 g/mol. The van der Waals surface area contributed by atoms with E-state index in [0.29, 0.717) is 17.3 Å². The highest BCUT2D eigenvalue weighted by molar-refractivity contribution is 5.98. The summed E-state index contributed by atoms with van der Waals surface area (Å²) in [5.74, 6) is 1.66. The van der Waals surface area contributed by atoms with Crippen molar-refractivity contribution in [3.63, 3.8) is 0 Å². The molecule has 8 nitrogen and oxygen atoms in total. The molecule has 8 heteroatoms. The third kappa shape index (κ3) is 5.33. The molecule has 2 aromatic heterocycles. The number of likely N-dealkylation sites (tertiary alicyclic amines) is 1. The number of carbonyl (C=O) groups is 2. The lowest BCUT2D eigenvalue weighted by Crippen LogP contribution is -2.36. The summed E-state index contributed by atoms with van der Waals surface area (Å²) in [4.78, 5) is 31.8.